The monoisotopic (exact) mass is 468 g/mol. The molecular weight excluding hydrogens is 444 g/mol. The van der Waals surface area contributed by atoms with Crippen LogP contribution in [0.25, 0.3) is 6.08 Å². The molecule has 172 valence electrons. The average Bonchev–Trinajstić information content (AvgIpc) is 2.81. The molecule has 1 unspecified atom stereocenters. The molecule has 0 heterocycles. The summed E-state index contributed by atoms with van der Waals surface area (Å²) in [5.74, 6) is 0.863. The van der Waals surface area contributed by atoms with Gasteiger partial charge in [0.15, 0.2) is 11.5 Å². The molecule has 0 saturated carbocycles. The first-order valence-corrected chi connectivity index (χ1v) is 11.5. The van der Waals surface area contributed by atoms with E-state index in [9.17, 15) is 18.5 Å². The van der Waals surface area contributed by atoms with Crippen molar-refractivity contribution in [1.82, 2.24) is 4.72 Å². The van der Waals surface area contributed by atoms with Crippen LogP contribution in [0.15, 0.2) is 83.4 Å². The zero-order valence-corrected chi connectivity index (χ0v) is 19.2. The summed E-state index contributed by atoms with van der Waals surface area (Å²) in [7, 11) is -1.11. The van der Waals surface area contributed by atoms with Crippen molar-refractivity contribution in [3.05, 3.63) is 105 Å². The van der Waals surface area contributed by atoms with E-state index >= 15 is 0 Å². The number of nitrogens with one attached hydrogen (secondary N) is 1. The van der Waals surface area contributed by atoms with Gasteiger partial charge in [-0.1, -0.05) is 54.1 Å². The van der Waals surface area contributed by atoms with Crippen molar-refractivity contribution in [2.24, 2.45) is 0 Å². The lowest BCUT2D eigenvalue weighted by atomic mass is 10.0. The number of ether oxygens (including phenoxy) is 2. The molecule has 1 N–H and O–H groups in total. The summed E-state index contributed by atoms with van der Waals surface area (Å²) in [6.07, 6.45) is 1.32. The first-order valence-electron chi connectivity index (χ1n) is 9.97. The highest BCUT2D eigenvalue weighted by atomic mass is 32.2. The van der Waals surface area contributed by atoms with Crippen LogP contribution in [-0.2, 0) is 10.0 Å². The number of sulfonamides is 1. The topological polar surface area (TPSA) is 108 Å². The summed E-state index contributed by atoms with van der Waals surface area (Å²) in [5.41, 5.74) is 1.43. The van der Waals surface area contributed by atoms with Crippen molar-refractivity contribution in [3.8, 4) is 11.5 Å². The van der Waals surface area contributed by atoms with Crippen molar-refractivity contribution in [3.63, 3.8) is 0 Å². The van der Waals surface area contributed by atoms with Crippen molar-refractivity contribution in [2.75, 3.05) is 14.2 Å². The predicted molar refractivity (Wildman–Crippen MR) is 125 cm³/mol. The van der Waals surface area contributed by atoms with E-state index in [2.05, 4.69) is 4.72 Å². The molecule has 33 heavy (non-hydrogen) atoms. The summed E-state index contributed by atoms with van der Waals surface area (Å²) in [5, 5.41) is 12.1. The van der Waals surface area contributed by atoms with Crippen LogP contribution >= 0.6 is 0 Å². The van der Waals surface area contributed by atoms with Crippen LogP contribution in [-0.4, -0.2) is 27.6 Å². The maximum atomic E-state index is 13.1. The third-order valence-corrected chi connectivity index (χ3v) is 6.40. The number of methoxy groups -OCH3 is 2. The zero-order valence-electron chi connectivity index (χ0n) is 18.4. The smallest absolute Gasteiger partial charge is 0.269 e. The van der Waals surface area contributed by atoms with Crippen LogP contribution in [0.1, 0.15) is 22.7 Å². The molecule has 3 rings (SSSR count). The lowest BCUT2D eigenvalue weighted by Gasteiger charge is -2.18. The van der Waals surface area contributed by atoms with E-state index < -0.39 is 21.0 Å². The standard InChI is InChI=1S/C24H24N2O6S/c1-17-9-12-20(13-10-17)33(29,30)25-24(19-7-5-4-6-8-19)21(26(27)28)15-18-11-14-22(31-2)23(16-18)32-3/h4-16,24-25H,1-3H3/b21-15-. The normalized spacial score (nSPS) is 12.8. The average molecular weight is 469 g/mol. The summed E-state index contributed by atoms with van der Waals surface area (Å²) in [6, 6.07) is 18.2. The third-order valence-electron chi connectivity index (χ3n) is 4.97. The molecule has 3 aromatic rings. The number of rotatable bonds is 9. The lowest BCUT2D eigenvalue weighted by Crippen LogP contribution is -2.32. The van der Waals surface area contributed by atoms with Crippen LogP contribution < -0.4 is 14.2 Å². The molecule has 3 aromatic carbocycles. The van der Waals surface area contributed by atoms with Crippen molar-refractivity contribution >= 4 is 16.1 Å². The van der Waals surface area contributed by atoms with Crippen molar-refractivity contribution < 1.29 is 22.8 Å². The number of aryl methyl sites for hydroxylation is 1. The first-order chi connectivity index (χ1) is 15.7. The summed E-state index contributed by atoms with van der Waals surface area (Å²) in [6.45, 7) is 1.84. The van der Waals surface area contributed by atoms with E-state index in [-0.39, 0.29) is 10.6 Å². The second-order valence-corrected chi connectivity index (χ2v) is 8.93. The van der Waals surface area contributed by atoms with Gasteiger partial charge in [-0.25, -0.2) is 8.42 Å². The van der Waals surface area contributed by atoms with Crippen LogP contribution in [0.5, 0.6) is 11.5 Å². The Morgan fingerprint density at radius 2 is 1.61 bits per heavy atom. The van der Waals surface area contributed by atoms with Gasteiger partial charge in [-0.15, -0.1) is 0 Å². The number of nitro groups is 1. The minimum Gasteiger partial charge on any atom is -0.493 e. The fraction of sp³-hybridized carbons (Fsp3) is 0.167. The minimum absolute atomic E-state index is 0.0165. The Morgan fingerprint density at radius 1 is 0.970 bits per heavy atom. The second-order valence-electron chi connectivity index (χ2n) is 7.22. The Kier molecular flexibility index (Phi) is 7.47. The zero-order chi connectivity index (χ0) is 24.0. The molecule has 8 nitrogen and oxygen atoms in total. The molecule has 0 aromatic heterocycles. The Bertz CT molecular complexity index is 1260. The Labute approximate surface area is 192 Å². The maximum Gasteiger partial charge on any atom is 0.269 e. The van der Waals surface area contributed by atoms with Crippen molar-refractivity contribution in [1.29, 1.82) is 0 Å². The fourth-order valence-corrected chi connectivity index (χ4v) is 4.44. The fourth-order valence-electron chi connectivity index (χ4n) is 3.24. The van der Waals surface area contributed by atoms with Gasteiger partial charge in [0.2, 0.25) is 10.0 Å². The van der Waals surface area contributed by atoms with Gasteiger partial charge in [0.1, 0.15) is 6.04 Å². The van der Waals surface area contributed by atoms with Gasteiger partial charge in [0.25, 0.3) is 5.70 Å². The number of nitrogens with zero attached hydrogens (tertiary/aromatic N) is 1. The van der Waals surface area contributed by atoms with Gasteiger partial charge in [-0.3, -0.25) is 10.1 Å². The molecule has 0 spiro atoms. The molecule has 9 heteroatoms. The molecule has 0 saturated heterocycles. The maximum absolute atomic E-state index is 13.1. The molecule has 0 aliphatic heterocycles. The summed E-state index contributed by atoms with van der Waals surface area (Å²) >= 11 is 0. The molecule has 0 aliphatic rings. The molecule has 0 bridgehead atoms. The highest BCUT2D eigenvalue weighted by Gasteiger charge is 2.31. The minimum atomic E-state index is -4.06. The van der Waals surface area contributed by atoms with Crippen LogP contribution in [0, 0.1) is 17.0 Å². The Morgan fingerprint density at radius 3 is 2.18 bits per heavy atom. The Balaban J connectivity index is 2.11. The number of benzene rings is 3. The predicted octanol–water partition coefficient (Wildman–Crippen LogP) is 4.35. The lowest BCUT2D eigenvalue weighted by molar-refractivity contribution is -0.429. The SMILES string of the molecule is COc1ccc(/C=C(/C(NS(=O)(=O)c2ccc(C)cc2)c2ccccc2)[N+](=O)[O-])cc1OC. The van der Waals surface area contributed by atoms with Crippen molar-refractivity contribution in [2.45, 2.75) is 17.9 Å². The number of hydrogen-bond donors (Lipinski definition) is 1. The quantitative estimate of drug-likeness (QED) is 0.370. The largest absolute Gasteiger partial charge is 0.493 e. The molecule has 0 fully saturated rings. The van der Waals surface area contributed by atoms with E-state index in [1.54, 1.807) is 60.7 Å². The first kappa shape index (κ1) is 24.0. The molecule has 0 amide bonds. The van der Waals surface area contributed by atoms with E-state index in [0.717, 1.165) is 5.56 Å². The molecule has 0 radical (unpaired) electrons. The summed E-state index contributed by atoms with van der Waals surface area (Å²) < 4.78 is 39.2. The van der Waals surface area contributed by atoms with E-state index in [0.29, 0.717) is 22.6 Å². The van der Waals surface area contributed by atoms with Gasteiger partial charge >= 0.3 is 0 Å². The van der Waals surface area contributed by atoms with Gasteiger partial charge in [0.05, 0.1) is 24.0 Å². The van der Waals surface area contributed by atoms with E-state index in [4.69, 9.17) is 9.47 Å². The van der Waals surface area contributed by atoms with Crippen LogP contribution in [0.2, 0.25) is 0 Å². The second kappa shape index (κ2) is 10.3. The highest BCUT2D eigenvalue weighted by Crippen LogP contribution is 2.31. The van der Waals surface area contributed by atoms with Gasteiger partial charge in [0, 0.05) is 6.08 Å². The number of hydrogen-bond acceptors (Lipinski definition) is 6. The van der Waals surface area contributed by atoms with E-state index in [1.807, 2.05) is 6.92 Å². The highest BCUT2D eigenvalue weighted by molar-refractivity contribution is 7.89. The molecule has 0 aliphatic carbocycles. The van der Waals surface area contributed by atoms with Crippen LogP contribution in [0.4, 0.5) is 0 Å². The van der Waals surface area contributed by atoms with Gasteiger partial charge in [-0.2, -0.15) is 4.72 Å². The summed E-state index contributed by atoms with van der Waals surface area (Å²) in [4.78, 5) is 11.5. The van der Waals surface area contributed by atoms with Crippen LogP contribution in [0.3, 0.4) is 0 Å². The Hall–Kier alpha value is -3.69. The van der Waals surface area contributed by atoms with Gasteiger partial charge < -0.3 is 9.47 Å². The van der Waals surface area contributed by atoms with E-state index in [1.165, 1.54) is 32.4 Å². The molecular formula is C24H24N2O6S. The molecule has 1 atom stereocenters. The third kappa shape index (κ3) is 5.76. The van der Waals surface area contributed by atoms with Gasteiger partial charge in [-0.05, 0) is 42.3 Å².